The molecule has 0 spiro atoms. The molecule has 0 unspecified atom stereocenters. The first kappa shape index (κ1) is 17.1. The van der Waals surface area contributed by atoms with Crippen LogP contribution in [0.5, 0.6) is 0 Å². The third kappa shape index (κ3) is 3.82. The summed E-state index contributed by atoms with van der Waals surface area (Å²) in [4.78, 5) is 26.3. The Morgan fingerprint density at radius 1 is 1.21 bits per heavy atom. The molecule has 24 heavy (non-hydrogen) atoms. The van der Waals surface area contributed by atoms with Crippen LogP contribution < -0.4 is 10.9 Å². The molecule has 1 N–H and O–H groups in total. The number of nitrogens with one attached hydrogen (secondary N) is 1. The molecule has 1 aliphatic carbocycles. The number of aromatic nitrogens is 1. The molecule has 2 aliphatic rings. The summed E-state index contributed by atoms with van der Waals surface area (Å²) in [6, 6.07) is 5.94. The van der Waals surface area contributed by atoms with Crippen molar-refractivity contribution in [3.8, 4) is 0 Å². The maximum absolute atomic E-state index is 12.4. The van der Waals surface area contributed by atoms with Crippen LogP contribution in [-0.4, -0.2) is 34.6 Å². The zero-order chi connectivity index (χ0) is 16.9. The molecule has 132 valence electrons. The van der Waals surface area contributed by atoms with E-state index in [1.54, 1.807) is 16.7 Å². The van der Waals surface area contributed by atoms with E-state index in [9.17, 15) is 9.59 Å². The van der Waals surface area contributed by atoms with Gasteiger partial charge in [0, 0.05) is 37.4 Å². The van der Waals surface area contributed by atoms with Crippen molar-refractivity contribution < 1.29 is 4.79 Å². The summed E-state index contributed by atoms with van der Waals surface area (Å²) < 4.78 is 1.80. The summed E-state index contributed by atoms with van der Waals surface area (Å²) in [7, 11) is 0. The number of urea groups is 1. The van der Waals surface area contributed by atoms with Gasteiger partial charge in [-0.2, -0.15) is 0 Å². The maximum Gasteiger partial charge on any atom is 0.317 e. The van der Waals surface area contributed by atoms with Crippen molar-refractivity contribution in [1.82, 2.24) is 14.8 Å². The molecule has 5 nitrogen and oxygen atoms in total. The Hall–Kier alpha value is -1.78. The molecule has 0 aromatic carbocycles. The van der Waals surface area contributed by atoms with E-state index >= 15 is 0 Å². The number of hydrogen-bond donors (Lipinski definition) is 1. The highest BCUT2D eigenvalue weighted by atomic mass is 16.2. The Bertz CT molecular complexity index is 625. The van der Waals surface area contributed by atoms with E-state index in [4.69, 9.17) is 0 Å². The van der Waals surface area contributed by atoms with Crippen LogP contribution in [0, 0.1) is 12.8 Å². The minimum absolute atomic E-state index is 0.0552. The minimum atomic E-state index is 0.0552. The molecular formula is C19H29N3O2. The fraction of sp³-hybridized carbons (Fsp3) is 0.684. The molecule has 2 amide bonds. The van der Waals surface area contributed by atoms with Crippen LogP contribution in [0.3, 0.4) is 0 Å². The molecule has 0 radical (unpaired) electrons. The van der Waals surface area contributed by atoms with Gasteiger partial charge in [-0.25, -0.2) is 4.79 Å². The average molecular weight is 331 g/mol. The lowest BCUT2D eigenvalue weighted by Crippen LogP contribution is -2.50. The number of fused-ring (bicyclic) bond motifs is 1. The number of aryl methyl sites for hydroxylation is 1. The van der Waals surface area contributed by atoms with E-state index < -0.39 is 0 Å². The Labute approximate surface area is 144 Å². The molecule has 1 saturated carbocycles. The predicted molar refractivity (Wildman–Crippen MR) is 95.1 cm³/mol. The van der Waals surface area contributed by atoms with E-state index in [0.29, 0.717) is 12.6 Å². The van der Waals surface area contributed by atoms with Gasteiger partial charge in [-0.15, -0.1) is 0 Å². The first-order valence-electron chi connectivity index (χ1n) is 9.38. The quantitative estimate of drug-likeness (QED) is 0.844. The van der Waals surface area contributed by atoms with E-state index in [-0.39, 0.29) is 11.6 Å². The summed E-state index contributed by atoms with van der Waals surface area (Å²) in [5.41, 5.74) is 1.05. The van der Waals surface area contributed by atoms with Gasteiger partial charge in [0.1, 0.15) is 0 Å². The number of piperidine rings is 1. The number of amides is 2. The lowest BCUT2D eigenvalue weighted by Gasteiger charge is -2.37. The molecule has 3 rings (SSSR count). The number of unbranched alkanes of at least 4 members (excludes halogenated alkanes) is 1. The first-order valence-corrected chi connectivity index (χ1v) is 9.38. The largest absolute Gasteiger partial charge is 0.338 e. The van der Waals surface area contributed by atoms with Crippen molar-refractivity contribution >= 4 is 6.03 Å². The normalized spacial score (nSPS) is 23.1. The second-order valence-corrected chi connectivity index (χ2v) is 7.19. The minimum Gasteiger partial charge on any atom is -0.338 e. The Morgan fingerprint density at radius 2 is 2.04 bits per heavy atom. The highest BCUT2D eigenvalue weighted by Crippen LogP contribution is 2.36. The molecular weight excluding hydrogens is 302 g/mol. The topological polar surface area (TPSA) is 54.3 Å². The zero-order valence-electron chi connectivity index (χ0n) is 14.7. The van der Waals surface area contributed by atoms with Crippen molar-refractivity contribution in [2.24, 2.45) is 5.92 Å². The highest BCUT2D eigenvalue weighted by Gasteiger charge is 2.37. The predicted octanol–water partition coefficient (Wildman–Crippen LogP) is 2.91. The number of rotatable bonds is 5. The third-order valence-corrected chi connectivity index (χ3v) is 5.61. The smallest absolute Gasteiger partial charge is 0.317 e. The summed E-state index contributed by atoms with van der Waals surface area (Å²) in [6.07, 6.45) is 7.97. The second-order valence-electron chi connectivity index (χ2n) is 7.19. The molecule has 5 heteroatoms. The van der Waals surface area contributed by atoms with E-state index in [1.165, 1.54) is 25.7 Å². The van der Waals surface area contributed by atoms with E-state index in [2.05, 4.69) is 10.2 Å². The van der Waals surface area contributed by atoms with Crippen LogP contribution in [0.1, 0.15) is 50.6 Å². The van der Waals surface area contributed by atoms with Gasteiger partial charge >= 0.3 is 6.03 Å². The fourth-order valence-corrected chi connectivity index (χ4v) is 4.31. The van der Waals surface area contributed by atoms with Gasteiger partial charge in [0.05, 0.1) is 0 Å². The van der Waals surface area contributed by atoms with Crippen molar-refractivity contribution in [3.63, 3.8) is 0 Å². The van der Waals surface area contributed by atoms with Crippen LogP contribution in [0.4, 0.5) is 4.79 Å². The van der Waals surface area contributed by atoms with Crippen molar-refractivity contribution in [1.29, 1.82) is 0 Å². The van der Waals surface area contributed by atoms with Crippen LogP contribution >= 0.6 is 0 Å². The van der Waals surface area contributed by atoms with Gasteiger partial charge in [-0.1, -0.05) is 12.5 Å². The van der Waals surface area contributed by atoms with Gasteiger partial charge in [-0.05, 0) is 57.4 Å². The van der Waals surface area contributed by atoms with Crippen LogP contribution in [0.15, 0.2) is 23.0 Å². The molecule has 2 fully saturated rings. The number of hydrogen-bond acceptors (Lipinski definition) is 2. The van der Waals surface area contributed by atoms with E-state index in [1.807, 2.05) is 13.0 Å². The van der Waals surface area contributed by atoms with Crippen LogP contribution in [0.25, 0.3) is 0 Å². The number of carbonyl (C=O) groups excluding carboxylic acids is 1. The van der Waals surface area contributed by atoms with Crippen LogP contribution in [-0.2, 0) is 6.54 Å². The Balaban J connectivity index is 1.40. The molecule has 1 aromatic rings. The van der Waals surface area contributed by atoms with Gasteiger partial charge in [-0.3, -0.25) is 4.79 Å². The van der Waals surface area contributed by atoms with Gasteiger partial charge < -0.3 is 14.8 Å². The van der Waals surface area contributed by atoms with E-state index in [0.717, 1.165) is 44.0 Å². The number of nitrogens with zero attached hydrogens (tertiary/aromatic N) is 2. The molecule has 0 bridgehead atoms. The second kappa shape index (κ2) is 7.86. The van der Waals surface area contributed by atoms with Crippen molar-refractivity contribution in [3.05, 3.63) is 34.2 Å². The molecule has 1 aliphatic heterocycles. The lowest BCUT2D eigenvalue weighted by atomic mass is 9.92. The highest BCUT2D eigenvalue weighted by molar-refractivity contribution is 5.74. The first-order chi connectivity index (χ1) is 11.7. The van der Waals surface area contributed by atoms with Crippen LogP contribution in [0.2, 0.25) is 0 Å². The summed E-state index contributed by atoms with van der Waals surface area (Å²) in [5, 5.41) is 3.08. The molecule has 2 atom stereocenters. The SMILES string of the molecule is Cc1cccc(=O)n1CCCCNC(=O)N1CCC[C@@H]2CCC[C@H]21. The zero-order valence-corrected chi connectivity index (χ0v) is 14.7. The molecule has 2 heterocycles. The average Bonchev–Trinajstić information content (AvgIpc) is 3.05. The molecule has 1 saturated heterocycles. The van der Waals surface area contributed by atoms with Crippen molar-refractivity contribution in [2.75, 3.05) is 13.1 Å². The number of pyridine rings is 1. The maximum atomic E-state index is 12.4. The lowest BCUT2D eigenvalue weighted by molar-refractivity contribution is 0.128. The summed E-state index contributed by atoms with van der Waals surface area (Å²) >= 11 is 0. The summed E-state index contributed by atoms with van der Waals surface area (Å²) in [5.74, 6) is 0.734. The fourth-order valence-electron chi connectivity index (χ4n) is 4.31. The Kier molecular flexibility index (Phi) is 5.59. The Morgan fingerprint density at radius 3 is 2.88 bits per heavy atom. The number of likely N-dealkylation sites (tertiary alicyclic amines) is 1. The monoisotopic (exact) mass is 331 g/mol. The molecule has 1 aromatic heterocycles. The third-order valence-electron chi connectivity index (χ3n) is 5.61. The summed E-state index contributed by atoms with van der Waals surface area (Å²) in [6.45, 7) is 4.27. The number of carbonyl (C=O) groups is 1. The van der Waals surface area contributed by atoms with Gasteiger partial charge in [0.2, 0.25) is 0 Å². The van der Waals surface area contributed by atoms with Gasteiger partial charge in [0.25, 0.3) is 5.56 Å². The van der Waals surface area contributed by atoms with Gasteiger partial charge in [0.15, 0.2) is 0 Å². The standard InChI is InChI=1S/C19H29N3O2/c1-15-7-4-11-18(23)21(15)13-3-2-12-20-19(24)22-14-6-9-16-8-5-10-17(16)22/h4,7,11,16-17H,2-3,5-6,8-10,12-14H2,1H3,(H,20,24)/t16-,17+/m0/s1. The van der Waals surface area contributed by atoms with Crippen molar-refractivity contribution in [2.45, 2.75) is 64.5 Å².